The monoisotopic (exact) mass is 423 g/mol. The van der Waals surface area contributed by atoms with Crippen LogP contribution in [-0.4, -0.2) is 0 Å². The highest BCUT2D eigenvalue weighted by atomic mass is 79.9. The zero-order valence-corrected chi connectivity index (χ0v) is 17.9. The Kier molecular flexibility index (Phi) is 6.46. The Bertz CT molecular complexity index is 808. The summed E-state index contributed by atoms with van der Waals surface area (Å²) in [4.78, 5) is 0. The number of hydrogen-bond acceptors (Lipinski definition) is 0. The van der Waals surface area contributed by atoms with E-state index in [0.29, 0.717) is 0 Å². The van der Waals surface area contributed by atoms with Crippen molar-refractivity contribution in [2.75, 3.05) is 0 Å². The SMILES string of the molecule is CC(C)=CCCc1ccc([P+](Br)(c2ccccc2)c2ccccc2)cc1. The van der Waals surface area contributed by atoms with Gasteiger partial charge in [-0.2, -0.15) is 0 Å². The van der Waals surface area contributed by atoms with Crippen LogP contribution in [0.5, 0.6) is 0 Å². The molecule has 0 atom stereocenters. The maximum atomic E-state index is 4.21. The number of benzene rings is 3. The van der Waals surface area contributed by atoms with Gasteiger partial charge in [-0.15, -0.1) is 0 Å². The van der Waals surface area contributed by atoms with Crippen molar-refractivity contribution in [1.29, 1.82) is 0 Å². The van der Waals surface area contributed by atoms with Crippen molar-refractivity contribution < 1.29 is 0 Å². The molecule has 0 aliphatic carbocycles. The van der Waals surface area contributed by atoms with E-state index in [4.69, 9.17) is 0 Å². The number of halogens is 1. The van der Waals surface area contributed by atoms with Crippen molar-refractivity contribution in [3.63, 3.8) is 0 Å². The van der Waals surface area contributed by atoms with Gasteiger partial charge in [0.2, 0.25) is 0 Å². The van der Waals surface area contributed by atoms with Crippen LogP contribution in [0.25, 0.3) is 0 Å². The van der Waals surface area contributed by atoms with E-state index in [1.165, 1.54) is 27.1 Å². The largest absolute Gasteiger partial charge is 0.181 e. The quantitative estimate of drug-likeness (QED) is 0.327. The molecule has 0 unspecified atom stereocenters. The Morgan fingerprint density at radius 1 is 0.731 bits per heavy atom. The van der Waals surface area contributed by atoms with Gasteiger partial charge in [-0.05, 0) is 68.7 Å². The molecule has 3 aromatic carbocycles. The van der Waals surface area contributed by atoms with Crippen molar-refractivity contribution in [3.05, 3.63) is 102 Å². The minimum atomic E-state index is -1.79. The predicted molar refractivity (Wildman–Crippen MR) is 122 cm³/mol. The first-order valence-corrected chi connectivity index (χ1v) is 12.8. The van der Waals surface area contributed by atoms with Crippen molar-refractivity contribution in [2.24, 2.45) is 0 Å². The summed E-state index contributed by atoms with van der Waals surface area (Å²) in [5, 5.41) is 4.06. The fourth-order valence-electron chi connectivity index (χ4n) is 3.11. The fraction of sp³-hybridized carbons (Fsp3) is 0.167. The van der Waals surface area contributed by atoms with Crippen molar-refractivity contribution in [2.45, 2.75) is 26.7 Å². The summed E-state index contributed by atoms with van der Waals surface area (Å²) in [6.45, 7) is 4.32. The van der Waals surface area contributed by atoms with Crippen LogP contribution in [0.3, 0.4) is 0 Å². The fourth-order valence-corrected chi connectivity index (χ4v) is 7.86. The van der Waals surface area contributed by atoms with Crippen LogP contribution in [-0.2, 0) is 6.42 Å². The second-order valence-electron chi connectivity index (χ2n) is 6.75. The van der Waals surface area contributed by atoms with Crippen molar-refractivity contribution >= 4 is 37.4 Å². The summed E-state index contributed by atoms with van der Waals surface area (Å²) in [5.74, 6) is -1.79. The second-order valence-corrected chi connectivity index (χ2v) is 12.7. The molecule has 0 spiro atoms. The van der Waals surface area contributed by atoms with Gasteiger partial charge in [-0.25, -0.2) is 0 Å². The zero-order valence-electron chi connectivity index (χ0n) is 15.4. The lowest BCUT2D eigenvalue weighted by Crippen LogP contribution is -2.26. The molecule has 0 heterocycles. The van der Waals surface area contributed by atoms with Gasteiger partial charge in [0.05, 0.1) is 0 Å². The van der Waals surface area contributed by atoms with Gasteiger partial charge in [0.1, 0.15) is 15.9 Å². The van der Waals surface area contributed by atoms with E-state index in [9.17, 15) is 0 Å². The molecular formula is C24H25BrP+. The molecule has 0 amide bonds. The van der Waals surface area contributed by atoms with Crippen LogP contribution in [0.1, 0.15) is 25.8 Å². The molecule has 0 bridgehead atoms. The van der Waals surface area contributed by atoms with E-state index in [1.807, 2.05) is 0 Å². The standard InChI is InChI=1S/C24H25BrP/c1-20(2)10-9-11-21-16-18-24(19-17-21)26(25,22-12-5-3-6-13-22)23-14-7-4-8-15-23/h3-8,10,12-19H,9,11H2,1-2H3/q+1. The molecule has 26 heavy (non-hydrogen) atoms. The van der Waals surface area contributed by atoms with Gasteiger partial charge in [0, 0.05) is 0 Å². The Labute approximate surface area is 166 Å². The Morgan fingerprint density at radius 3 is 1.65 bits per heavy atom. The normalized spacial score (nSPS) is 11.2. The summed E-state index contributed by atoms with van der Waals surface area (Å²) < 4.78 is 0. The van der Waals surface area contributed by atoms with Gasteiger partial charge in [0.25, 0.3) is 0 Å². The Balaban J connectivity index is 1.97. The summed E-state index contributed by atoms with van der Waals surface area (Å²) in [7, 11) is 0. The molecule has 0 aliphatic heterocycles. The molecule has 132 valence electrons. The third kappa shape index (κ3) is 4.34. The highest BCUT2D eigenvalue weighted by Gasteiger charge is 2.43. The zero-order chi connectivity index (χ0) is 18.4. The van der Waals surface area contributed by atoms with E-state index in [1.54, 1.807) is 0 Å². The molecule has 0 fully saturated rings. The second kappa shape index (κ2) is 8.80. The topological polar surface area (TPSA) is 0 Å². The molecule has 0 saturated carbocycles. The molecule has 2 heteroatoms. The van der Waals surface area contributed by atoms with Crippen molar-refractivity contribution in [1.82, 2.24) is 0 Å². The van der Waals surface area contributed by atoms with Gasteiger partial charge in [0.15, 0.2) is 21.5 Å². The maximum Gasteiger partial charge on any atom is 0.181 e. The van der Waals surface area contributed by atoms with E-state index in [0.717, 1.165) is 12.8 Å². The van der Waals surface area contributed by atoms with Crippen LogP contribution < -0.4 is 15.9 Å². The number of rotatable bonds is 6. The molecule has 0 N–H and O–H groups in total. The average molecular weight is 424 g/mol. The molecule has 0 nitrogen and oxygen atoms in total. The lowest BCUT2D eigenvalue weighted by atomic mass is 10.1. The average Bonchev–Trinajstić information content (AvgIpc) is 2.69. The van der Waals surface area contributed by atoms with Crippen LogP contribution in [0.4, 0.5) is 0 Å². The third-order valence-corrected chi connectivity index (χ3v) is 11.2. The highest BCUT2D eigenvalue weighted by molar-refractivity contribution is 9.44. The smallest absolute Gasteiger partial charge is 0.0856 e. The molecule has 0 aromatic heterocycles. The highest BCUT2D eigenvalue weighted by Crippen LogP contribution is 2.62. The summed E-state index contributed by atoms with van der Waals surface area (Å²) >= 11 is 4.21. The first-order valence-electron chi connectivity index (χ1n) is 9.03. The number of allylic oxidation sites excluding steroid dienone is 2. The summed E-state index contributed by atoms with van der Waals surface area (Å²) in [6, 6.07) is 30.8. The van der Waals surface area contributed by atoms with Gasteiger partial charge >= 0.3 is 0 Å². The van der Waals surface area contributed by atoms with Crippen molar-refractivity contribution in [3.8, 4) is 0 Å². The van der Waals surface area contributed by atoms with Gasteiger partial charge < -0.3 is 0 Å². The van der Waals surface area contributed by atoms with Crippen LogP contribution in [0, 0.1) is 0 Å². The van der Waals surface area contributed by atoms with Crippen LogP contribution in [0.15, 0.2) is 96.6 Å². The van der Waals surface area contributed by atoms with Gasteiger partial charge in [-0.1, -0.05) is 60.2 Å². The molecule has 0 saturated heterocycles. The lowest BCUT2D eigenvalue weighted by molar-refractivity contribution is 0.989. The summed E-state index contributed by atoms with van der Waals surface area (Å²) in [5.41, 5.74) is 2.78. The van der Waals surface area contributed by atoms with E-state index >= 15 is 0 Å². The first kappa shape index (κ1) is 19.1. The third-order valence-electron chi connectivity index (χ3n) is 4.50. The van der Waals surface area contributed by atoms with Gasteiger partial charge in [-0.3, -0.25) is 0 Å². The van der Waals surface area contributed by atoms with E-state index < -0.39 is 5.96 Å². The molecular weight excluding hydrogens is 399 g/mol. The molecule has 3 rings (SSSR count). The van der Waals surface area contributed by atoms with E-state index in [2.05, 4.69) is 120 Å². The first-order chi connectivity index (χ1) is 12.6. The Morgan fingerprint density at radius 2 is 1.19 bits per heavy atom. The van der Waals surface area contributed by atoms with Crippen LogP contribution >= 0.6 is 21.5 Å². The number of aryl methyl sites for hydroxylation is 1. The Hall–Kier alpha value is -1.69. The number of hydrogen-bond donors (Lipinski definition) is 0. The minimum Gasteiger partial charge on any atom is -0.0856 e. The minimum absolute atomic E-state index is 1.09. The molecule has 3 aromatic rings. The lowest BCUT2D eigenvalue weighted by Gasteiger charge is -2.20. The van der Waals surface area contributed by atoms with Crippen LogP contribution in [0.2, 0.25) is 0 Å². The maximum absolute atomic E-state index is 4.21. The van der Waals surface area contributed by atoms with E-state index in [-0.39, 0.29) is 0 Å². The molecule has 0 aliphatic rings. The summed E-state index contributed by atoms with van der Waals surface area (Å²) in [6.07, 6.45) is 4.51. The molecule has 0 radical (unpaired) electrons. The predicted octanol–water partition coefficient (Wildman–Crippen LogP) is 6.19.